The molecule has 1 rings (SSSR count). The highest BCUT2D eigenvalue weighted by Crippen LogP contribution is 2.17. The first-order chi connectivity index (χ1) is 19.1. The van der Waals surface area contributed by atoms with E-state index in [1.54, 1.807) is 0 Å². The monoisotopic (exact) mass is 559 g/mol. The van der Waals surface area contributed by atoms with Crippen LogP contribution in [-0.2, 0) is 20.8 Å². The number of carbonyl (C=O) groups is 4. The van der Waals surface area contributed by atoms with Gasteiger partial charge in [-0.05, 0) is 55.2 Å². The van der Waals surface area contributed by atoms with E-state index >= 15 is 0 Å². The Labute approximate surface area is 241 Å². The Morgan fingerprint density at radius 1 is 0.800 bits per heavy atom. The van der Waals surface area contributed by atoms with E-state index in [4.69, 9.17) is 5.73 Å². The van der Waals surface area contributed by atoms with Crippen LogP contribution in [0.1, 0.15) is 104 Å². The summed E-state index contributed by atoms with van der Waals surface area (Å²) in [6.07, 6.45) is 9.59. The van der Waals surface area contributed by atoms with E-state index in [1.807, 2.05) is 38.1 Å². The molecule has 0 spiro atoms. The number of amides is 5. The Bertz CT molecular complexity index is 903. The van der Waals surface area contributed by atoms with Crippen LogP contribution in [0.4, 0.5) is 10.5 Å². The molecular weight excluding hydrogens is 506 g/mol. The van der Waals surface area contributed by atoms with Gasteiger partial charge in [0.25, 0.3) is 0 Å². The maximum absolute atomic E-state index is 13.2. The van der Waals surface area contributed by atoms with Gasteiger partial charge in [0.05, 0.1) is 0 Å². The summed E-state index contributed by atoms with van der Waals surface area (Å²) in [5.41, 5.74) is 7.01. The van der Waals surface area contributed by atoms with Crippen molar-refractivity contribution in [3.05, 3.63) is 29.8 Å². The van der Waals surface area contributed by atoms with Crippen molar-refractivity contribution in [2.24, 2.45) is 17.6 Å². The number of rotatable bonds is 20. The highest BCUT2D eigenvalue weighted by Gasteiger charge is 2.28. The van der Waals surface area contributed by atoms with Gasteiger partial charge in [0.15, 0.2) is 0 Å². The lowest BCUT2D eigenvalue weighted by atomic mass is 9.96. The second-order valence-electron chi connectivity index (χ2n) is 11.2. The number of nitrogens with two attached hydrogens (primary N) is 1. The van der Waals surface area contributed by atoms with E-state index in [0.29, 0.717) is 30.9 Å². The molecule has 0 aliphatic rings. The van der Waals surface area contributed by atoms with E-state index in [2.05, 4.69) is 42.0 Å². The van der Waals surface area contributed by atoms with Crippen LogP contribution in [0.2, 0.25) is 0 Å². The number of nitrogens with one attached hydrogen (secondary N) is 4. The zero-order chi connectivity index (χ0) is 29.9. The molecule has 40 heavy (non-hydrogen) atoms. The minimum Gasteiger partial charge on any atom is -0.352 e. The number of hydrogen-bond donors (Lipinski definition) is 5. The van der Waals surface area contributed by atoms with Gasteiger partial charge in [-0.25, -0.2) is 4.79 Å². The molecule has 1 aromatic rings. The Balaban J connectivity index is 2.86. The summed E-state index contributed by atoms with van der Waals surface area (Å²) in [6.45, 7) is 10.6. The minimum atomic E-state index is -0.848. The van der Waals surface area contributed by atoms with Gasteiger partial charge in [-0.1, -0.05) is 85.3 Å². The largest absolute Gasteiger partial charge is 0.352 e. The maximum atomic E-state index is 13.2. The van der Waals surface area contributed by atoms with Gasteiger partial charge >= 0.3 is 6.03 Å². The first kappa shape index (κ1) is 34.9. The van der Waals surface area contributed by atoms with Crippen LogP contribution < -0.4 is 27.0 Å². The Kier molecular flexibility index (Phi) is 17.4. The van der Waals surface area contributed by atoms with E-state index in [0.717, 1.165) is 32.1 Å². The second kappa shape index (κ2) is 19.9. The molecule has 2 unspecified atom stereocenters. The van der Waals surface area contributed by atoms with Gasteiger partial charge in [-0.15, -0.1) is 0 Å². The van der Waals surface area contributed by atoms with E-state index < -0.39 is 24.0 Å². The van der Waals surface area contributed by atoms with Crippen molar-refractivity contribution >= 4 is 29.4 Å². The predicted octanol–water partition coefficient (Wildman–Crippen LogP) is 5.04. The molecule has 226 valence electrons. The Hall–Kier alpha value is -3.10. The average Bonchev–Trinajstić information content (AvgIpc) is 2.90. The molecule has 6 N–H and O–H groups in total. The topological polar surface area (TPSA) is 142 Å². The van der Waals surface area contributed by atoms with Crippen molar-refractivity contribution in [2.75, 3.05) is 11.9 Å². The molecule has 9 heteroatoms. The van der Waals surface area contributed by atoms with Crippen LogP contribution in [0.3, 0.4) is 0 Å². The fraction of sp³-hybridized carbons (Fsp3) is 0.677. The van der Waals surface area contributed by atoms with Crippen molar-refractivity contribution in [1.82, 2.24) is 16.0 Å². The molecule has 0 aliphatic heterocycles. The average molecular weight is 560 g/mol. The number of hydrogen-bond acceptors (Lipinski definition) is 4. The molecule has 9 nitrogen and oxygen atoms in total. The van der Waals surface area contributed by atoms with E-state index in [1.165, 1.54) is 24.8 Å². The standard InChI is InChI=1S/C31H53N5O4/c1-6-8-10-11-15-27(37)36-28(22(3)4)30(39)35-26(14-12-20-33-31(32)40)29(38)34-25-18-16-24(17-19-25)21-23(5)13-9-7-2/h16-19,22-23,26,28H,6-15,20-21H2,1-5H3,(H,34,38)(H,35,39)(H,36,37)(H3,32,33,40)/t23?,26-,28?/m0/s1. The van der Waals surface area contributed by atoms with Crippen LogP contribution in [0, 0.1) is 11.8 Å². The number of unbranched alkanes of at least 4 members (excludes halogenated alkanes) is 4. The zero-order valence-electron chi connectivity index (χ0n) is 25.3. The normalized spacial score (nSPS) is 13.2. The van der Waals surface area contributed by atoms with Crippen molar-refractivity contribution in [3.8, 4) is 0 Å². The summed E-state index contributed by atoms with van der Waals surface area (Å²) in [7, 11) is 0. The quantitative estimate of drug-likeness (QED) is 0.143. The summed E-state index contributed by atoms with van der Waals surface area (Å²) in [6, 6.07) is 5.55. The molecule has 3 atom stereocenters. The van der Waals surface area contributed by atoms with Crippen molar-refractivity contribution in [3.63, 3.8) is 0 Å². The molecule has 0 heterocycles. The SMILES string of the molecule is CCCCCCC(=O)NC(C(=O)N[C@@H](CCCNC(N)=O)C(=O)Nc1ccc(CC(C)CCCC)cc1)C(C)C. The number of urea groups is 1. The summed E-state index contributed by atoms with van der Waals surface area (Å²) >= 11 is 0. The van der Waals surface area contributed by atoms with Gasteiger partial charge in [0.2, 0.25) is 17.7 Å². The molecule has 0 radical (unpaired) electrons. The molecule has 0 saturated heterocycles. The molecular formula is C31H53N5O4. The molecule has 0 aliphatic carbocycles. The van der Waals surface area contributed by atoms with Crippen molar-refractivity contribution in [2.45, 2.75) is 117 Å². The van der Waals surface area contributed by atoms with Crippen LogP contribution in [0.5, 0.6) is 0 Å². The fourth-order valence-electron chi connectivity index (χ4n) is 4.55. The van der Waals surface area contributed by atoms with Gasteiger partial charge in [-0.3, -0.25) is 14.4 Å². The lowest BCUT2D eigenvalue weighted by Crippen LogP contribution is -2.54. The lowest BCUT2D eigenvalue weighted by Gasteiger charge is -2.25. The lowest BCUT2D eigenvalue weighted by molar-refractivity contribution is -0.132. The van der Waals surface area contributed by atoms with Gasteiger partial charge in [0, 0.05) is 18.7 Å². The molecule has 0 bridgehead atoms. The number of primary amides is 1. The second-order valence-corrected chi connectivity index (χ2v) is 11.2. The molecule has 0 fully saturated rings. The van der Waals surface area contributed by atoms with E-state index in [-0.39, 0.29) is 24.3 Å². The Morgan fingerprint density at radius 3 is 2.08 bits per heavy atom. The fourth-order valence-corrected chi connectivity index (χ4v) is 4.55. The highest BCUT2D eigenvalue weighted by atomic mass is 16.2. The first-order valence-electron chi connectivity index (χ1n) is 15.1. The molecule has 0 aromatic heterocycles. The van der Waals surface area contributed by atoms with Crippen LogP contribution in [0.25, 0.3) is 0 Å². The van der Waals surface area contributed by atoms with Gasteiger partial charge in [-0.2, -0.15) is 0 Å². The van der Waals surface area contributed by atoms with Gasteiger partial charge < -0.3 is 27.0 Å². The Morgan fingerprint density at radius 2 is 1.48 bits per heavy atom. The maximum Gasteiger partial charge on any atom is 0.312 e. The van der Waals surface area contributed by atoms with Crippen LogP contribution in [-0.4, -0.2) is 42.4 Å². The van der Waals surface area contributed by atoms with Crippen LogP contribution >= 0.6 is 0 Å². The first-order valence-corrected chi connectivity index (χ1v) is 15.1. The van der Waals surface area contributed by atoms with Crippen LogP contribution in [0.15, 0.2) is 24.3 Å². The molecule has 0 saturated carbocycles. The minimum absolute atomic E-state index is 0.160. The van der Waals surface area contributed by atoms with Crippen molar-refractivity contribution < 1.29 is 19.2 Å². The number of carbonyl (C=O) groups excluding carboxylic acids is 4. The third kappa shape index (κ3) is 14.9. The number of benzene rings is 1. The molecule has 5 amide bonds. The van der Waals surface area contributed by atoms with Crippen molar-refractivity contribution in [1.29, 1.82) is 0 Å². The summed E-state index contributed by atoms with van der Waals surface area (Å²) in [5.74, 6) is -0.492. The number of anilines is 1. The summed E-state index contributed by atoms with van der Waals surface area (Å²) in [4.78, 5) is 50.0. The third-order valence-corrected chi connectivity index (χ3v) is 6.98. The van der Waals surface area contributed by atoms with E-state index in [9.17, 15) is 19.2 Å². The predicted molar refractivity (Wildman–Crippen MR) is 162 cm³/mol. The molecule has 1 aromatic carbocycles. The zero-order valence-corrected chi connectivity index (χ0v) is 25.3. The summed E-state index contributed by atoms with van der Waals surface area (Å²) in [5, 5.41) is 11.1. The summed E-state index contributed by atoms with van der Waals surface area (Å²) < 4.78 is 0. The smallest absolute Gasteiger partial charge is 0.312 e. The third-order valence-electron chi connectivity index (χ3n) is 6.98. The van der Waals surface area contributed by atoms with Gasteiger partial charge in [0.1, 0.15) is 12.1 Å². The highest BCUT2D eigenvalue weighted by molar-refractivity contribution is 5.98.